The third-order valence-corrected chi connectivity index (χ3v) is 4.10. The van der Waals surface area contributed by atoms with E-state index in [-0.39, 0.29) is 23.6 Å². The molecule has 1 amide bonds. The molecule has 23 heavy (non-hydrogen) atoms. The first-order valence-corrected chi connectivity index (χ1v) is 7.89. The Labute approximate surface area is 141 Å². The maximum absolute atomic E-state index is 12.5. The molecule has 6 nitrogen and oxygen atoms in total. The van der Waals surface area contributed by atoms with Crippen molar-refractivity contribution < 1.29 is 9.53 Å². The molecule has 0 saturated carbocycles. The highest BCUT2D eigenvalue weighted by molar-refractivity contribution is 9.10. The number of carbonyl (C=O) groups excluding carboxylic acids is 1. The van der Waals surface area contributed by atoms with Crippen LogP contribution in [0.5, 0.6) is 5.88 Å². The van der Waals surface area contributed by atoms with Gasteiger partial charge in [-0.2, -0.15) is 5.26 Å². The van der Waals surface area contributed by atoms with Gasteiger partial charge in [-0.1, -0.05) is 15.9 Å². The molecule has 1 aliphatic rings. The van der Waals surface area contributed by atoms with Crippen molar-refractivity contribution in [2.45, 2.75) is 12.5 Å². The van der Waals surface area contributed by atoms with Gasteiger partial charge in [0.1, 0.15) is 12.2 Å². The molecular weight excluding hydrogens is 360 g/mol. The maximum Gasteiger partial charge on any atom is 0.253 e. The van der Waals surface area contributed by atoms with Crippen LogP contribution in [-0.2, 0) is 0 Å². The summed E-state index contributed by atoms with van der Waals surface area (Å²) in [6.45, 7) is 1.08. The van der Waals surface area contributed by atoms with E-state index in [1.165, 1.54) is 12.4 Å². The highest BCUT2D eigenvalue weighted by atomic mass is 79.9. The molecule has 0 aliphatic carbocycles. The van der Waals surface area contributed by atoms with Crippen molar-refractivity contribution in [1.82, 2.24) is 14.9 Å². The molecule has 1 atom stereocenters. The number of ether oxygens (including phenoxy) is 1. The second-order valence-corrected chi connectivity index (χ2v) is 6.02. The third-order valence-electron chi connectivity index (χ3n) is 3.57. The molecular formula is C16H13BrN4O2. The SMILES string of the molecule is N#Cc1nccnc1OC1CCN(C(=O)c2ccc(Br)cc2)C1. The predicted molar refractivity (Wildman–Crippen MR) is 85.8 cm³/mol. The average Bonchev–Trinajstić information content (AvgIpc) is 3.04. The number of aromatic nitrogens is 2. The molecule has 0 spiro atoms. The fraction of sp³-hybridized carbons (Fsp3) is 0.250. The topological polar surface area (TPSA) is 79.1 Å². The molecule has 1 aromatic heterocycles. The number of nitrogens with zero attached hydrogens (tertiary/aromatic N) is 4. The van der Waals surface area contributed by atoms with Gasteiger partial charge < -0.3 is 9.64 Å². The summed E-state index contributed by atoms with van der Waals surface area (Å²) in [6, 6.07) is 9.22. The Kier molecular flexibility index (Phi) is 4.53. The van der Waals surface area contributed by atoms with E-state index in [1.54, 1.807) is 17.0 Å². The van der Waals surface area contributed by atoms with Crippen molar-refractivity contribution >= 4 is 21.8 Å². The second-order valence-electron chi connectivity index (χ2n) is 5.11. The van der Waals surface area contributed by atoms with Gasteiger partial charge in [0.15, 0.2) is 0 Å². The molecule has 2 heterocycles. The van der Waals surface area contributed by atoms with Gasteiger partial charge in [0.05, 0.1) is 6.54 Å². The smallest absolute Gasteiger partial charge is 0.253 e. The number of hydrogen-bond acceptors (Lipinski definition) is 5. The van der Waals surface area contributed by atoms with Crippen LogP contribution in [0.25, 0.3) is 0 Å². The van der Waals surface area contributed by atoms with Crippen molar-refractivity contribution in [2.75, 3.05) is 13.1 Å². The number of halogens is 1. The van der Waals surface area contributed by atoms with Crippen LogP contribution in [0.15, 0.2) is 41.1 Å². The van der Waals surface area contributed by atoms with E-state index in [0.29, 0.717) is 25.1 Å². The highest BCUT2D eigenvalue weighted by Gasteiger charge is 2.29. The Bertz CT molecular complexity index is 757. The average molecular weight is 373 g/mol. The van der Waals surface area contributed by atoms with Crippen LogP contribution in [0.2, 0.25) is 0 Å². The van der Waals surface area contributed by atoms with Gasteiger partial charge in [-0.05, 0) is 24.3 Å². The summed E-state index contributed by atoms with van der Waals surface area (Å²) < 4.78 is 6.67. The van der Waals surface area contributed by atoms with Crippen molar-refractivity contribution in [2.24, 2.45) is 0 Å². The van der Waals surface area contributed by atoms with Gasteiger partial charge in [-0.15, -0.1) is 0 Å². The predicted octanol–water partition coefficient (Wildman–Crippen LogP) is 2.40. The lowest BCUT2D eigenvalue weighted by Crippen LogP contribution is -2.31. The molecule has 1 fully saturated rings. The van der Waals surface area contributed by atoms with E-state index in [0.717, 1.165) is 4.47 Å². The Morgan fingerprint density at radius 1 is 1.30 bits per heavy atom. The molecule has 1 aromatic carbocycles. The van der Waals surface area contributed by atoms with Gasteiger partial charge >= 0.3 is 0 Å². The Hall–Kier alpha value is -2.46. The lowest BCUT2D eigenvalue weighted by molar-refractivity contribution is 0.0771. The second kappa shape index (κ2) is 6.75. The van der Waals surface area contributed by atoms with Crippen LogP contribution in [-0.4, -0.2) is 40.0 Å². The summed E-state index contributed by atoms with van der Waals surface area (Å²) in [6.07, 6.45) is 3.45. The number of carbonyl (C=O) groups is 1. The molecule has 0 bridgehead atoms. The molecule has 0 radical (unpaired) electrons. The van der Waals surface area contributed by atoms with Crippen LogP contribution >= 0.6 is 15.9 Å². The minimum absolute atomic E-state index is 0.0248. The maximum atomic E-state index is 12.5. The number of benzene rings is 1. The standard InChI is InChI=1S/C16H13BrN4O2/c17-12-3-1-11(2-4-12)16(22)21-8-5-13(10-21)23-15-14(9-18)19-6-7-20-15/h1-4,6-7,13H,5,8,10H2. The summed E-state index contributed by atoms with van der Waals surface area (Å²) in [5, 5.41) is 9.00. The third kappa shape index (κ3) is 3.48. The van der Waals surface area contributed by atoms with E-state index in [4.69, 9.17) is 10.00 Å². The molecule has 116 valence electrons. The largest absolute Gasteiger partial charge is 0.470 e. The molecule has 0 N–H and O–H groups in total. The highest BCUT2D eigenvalue weighted by Crippen LogP contribution is 2.20. The van der Waals surface area contributed by atoms with Crippen LogP contribution in [0.4, 0.5) is 0 Å². The number of rotatable bonds is 3. The molecule has 2 aromatic rings. The van der Waals surface area contributed by atoms with Crippen LogP contribution in [0.3, 0.4) is 0 Å². The van der Waals surface area contributed by atoms with Crippen LogP contribution in [0.1, 0.15) is 22.5 Å². The van der Waals surface area contributed by atoms with Gasteiger partial charge in [-0.3, -0.25) is 4.79 Å². The van der Waals surface area contributed by atoms with Crippen molar-refractivity contribution in [1.29, 1.82) is 5.26 Å². The minimum Gasteiger partial charge on any atom is -0.470 e. The molecule has 1 unspecified atom stereocenters. The normalized spacial score (nSPS) is 16.9. The van der Waals surface area contributed by atoms with Gasteiger partial charge in [0, 0.05) is 35.4 Å². The summed E-state index contributed by atoms with van der Waals surface area (Å²) in [7, 11) is 0. The first kappa shape index (κ1) is 15.4. The summed E-state index contributed by atoms with van der Waals surface area (Å²) >= 11 is 3.35. The van der Waals surface area contributed by atoms with Gasteiger partial charge in [0.2, 0.25) is 5.69 Å². The van der Waals surface area contributed by atoms with E-state index in [9.17, 15) is 4.79 Å². The van der Waals surface area contributed by atoms with Crippen molar-refractivity contribution in [3.8, 4) is 11.9 Å². The van der Waals surface area contributed by atoms with Gasteiger partial charge in [0.25, 0.3) is 11.8 Å². The van der Waals surface area contributed by atoms with E-state index in [1.807, 2.05) is 18.2 Å². The zero-order valence-electron chi connectivity index (χ0n) is 12.1. The monoisotopic (exact) mass is 372 g/mol. The van der Waals surface area contributed by atoms with Crippen molar-refractivity contribution in [3.05, 3.63) is 52.4 Å². The summed E-state index contributed by atoms with van der Waals surface area (Å²) in [5.74, 6) is 0.196. The lowest BCUT2D eigenvalue weighted by Gasteiger charge is -2.17. The Morgan fingerprint density at radius 2 is 2.04 bits per heavy atom. The summed E-state index contributed by atoms with van der Waals surface area (Å²) in [4.78, 5) is 22.2. The van der Waals surface area contributed by atoms with Gasteiger partial charge in [-0.25, -0.2) is 9.97 Å². The van der Waals surface area contributed by atoms with E-state index >= 15 is 0 Å². The molecule has 7 heteroatoms. The number of nitriles is 1. The van der Waals surface area contributed by atoms with Crippen LogP contribution in [0, 0.1) is 11.3 Å². The van der Waals surface area contributed by atoms with Crippen LogP contribution < -0.4 is 4.74 Å². The first-order valence-electron chi connectivity index (χ1n) is 7.10. The number of hydrogen-bond donors (Lipinski definition) is 0. The Balaban J connectivity index is 1.65. The lowest BCUT2D eigenvalue weighted by atomic mass is 10.2. The number of likely N-dealkylation sites (tertiary alicyclic amines) is 1. The van der Waals surface area contributed by atoms with E-state index < -0.39 is 0 Å². The first-order chi connectivity index (χ1) is 11.2. The molecule has 1 aliphatic heterocycles. The summed E-state index contributed by atoms with van der Waals surface area (Å²) in [5.41, 5.74) is 0.802. The molecule has 1 saturated heterocycles. The quantitative estimate of drug-likeness (QED) is 0.826. The minimum atomic E-state index is -0.182. The Morgan fingerprint density at radius 3 is 2.78 bits per heavy atom. The van der Waals surface area contributed by atoms with E-state index in [2.05, 4.69) is 25.9 Å². The van der Waals surface area contributed by atoms with Crippen molar-refractivity contribution in [3.63, 3.8) is 0 Å². The number of amides is 1. The molecule has 3 rings (SSSR count). The zero-order chi connectivity index (χ0) is 16.2. The fourth-order valence-electron chi connectivity index (χ4n) is 2.43. The zero-order valence-corrected chi connectivity index (χ0v) is 13.7. The fourth-order valence-corrected chi connectivity index (χ4v) is 2.69.